The Labute approximate surface area is 184 Å². The summed E-state index contributed by atoms with van der Waals surface area (Å²) in [7, 11) is 0. The van der Waals surface area contributed by atoms with Gasteiger partial charge in [-0.1, -0.05) is 55.9 Å². The highest BCUT2D eigenvalue weighted by molar-refractivity contribution is 7.81. The number of thiocarbonyl (C=S) groups is 1. The molecule has 0 aromatic heterocycles. The first-order valence-electron chi connectivity index (χ1n) is 10.7. The summed E-state index contributed by atoms with van der Waals surface area (Å²) in [5.74, 6) is 0.0740. The number of anilines is 2. The van der Waals surface area contributed by atoms with Gasteiger partial charge in [-0.2, -0.15) is 0 Å². The van der Waals surface area contributed by atoms with E-state index in [9.17, 15) is 4.79 Å². The predicted octanol–water partition coefficient (Wildman–Crippen LogP) is 6.48. The number of benzene rings is 2. The molecule has 154 valence electrons. The van der Waals surface area contributed by atoms with E-state index in [1.54, 1.807) is 11.0 Å². The lowest BCUT2D eigenvalue weighted by atomic mass is 9.82. The van der Waals surface area contributed by atoms with Crippen molar-refractivity contribution in [2.45, 2.75) is 64.3 Å². The van der Waals surface area contributed by atoms with E-state index < -0.39 is 5.54 Å². The molecular formula is C25H27N3OS. The second kappa shape index (κ2) is 8.20. The molecule has 2 aromatic rings. The average Bonchev–Trinajstić information content (AvgIpc) is 2.92. The molecule has 5 heteroatoms. The minimum Gasteiger partial charge on any atom is -0.303 e. The third-order valence-electron chi connectivity index (χ3n) is 6.44. The first-order chi connectivity index (χ1) is 14.5. The molecule has 1 aliphatic carbocycles. The summed E-state index contributed by atoms with van der Waals surface area (Å²) in [5.41, 5.74) is 3.76. The molecule has 2 fully saturated rings. The van der Waals surface area contributed by atoms with Gasteiger partial charge in [-0.05, 0) is 68.7 Å². The Morgan fingerprint density at radius 1 is 0.933 bits per heavy atom. The minimum absolute atomic E-state index is 0.0740. The molecule has 1 amide bonds. The normalized spacial score (nSPS) is 19.0. The highest BCUT2D eigenvalue weighted by atomic mass is 32.1. The van der Waals surface area contributed by atoms with E-state index in [2.05, 4.69) is 40.9 Å². The maximum atomic E-state index is 14.0. The molecule has 0 atom stereocenters. The van der Waals surface area contributed by atoms with Crippen LogP contribution >= 0.6 is 12.2 Å². The molecular weight excluding hydrogens is 390 g/mol. The molecule has 4 rings (SSSR count). The third kappa shape index (κ3) is 3.40. The maximum absolute atomic E-state index is 14.0. The summed E-state index contributed by atoms with van der Waals surface area (Å²) in [6, 6.07) is 13.9. The van der Waals surface area contributed by atoms with Gasteiger partial charge in [-0.15, -0.1) is 0 Å². The van der Waals surface area contributed by atoms with Crippen LogP contribution in [0.5, 0.6) is 0 Å². The van der Waals surface area contributed by atoms with Crippen LogP contribution in [-0.2, 0) is 4.79 Å². The van der Waals surface area contributed by atoms with Gasteiger partial charge in [0.25, 0.3) is 5.91 Å². The standard InChI is InChI=1S/C25H27N3OS/c1-18-9-11-20(12-10-18)28-24(30)27(21-13-14-22(26-3)19(2)17-21)23(29)25(28)15-7-5-4-6-8-16-25/h9-14,17H,4-8,15-16H2,1-2H3. The van der Waals surface area contributed by atoms with Gasteiger partial charge in [0, 0.05) is 11.4 Å². The van der Waals surface area contributed by atoms with Gasteiger partial charge in [-0.25, -0.2) is 4.85 Å². The molecule has 1 saturated carbocycles. The number of amides is 1. The van der Waals surface area contributed by atoms with Crippen molar-refractivity contribution in [1.29, 1.82) is 0 Å². The van der Waals surface area contributed by atoms with Crippen molar-refractivity contribution in [3.05, 3.63) is 65.0 Å². The number of nitrogens with zero attached hydrogens (tertiary/aromatic N) is 3. The van der Waals surface area contributed by atoms with Gasteiger partial charge in [0.1, 0.15) is 5.54 Å². The molecule has 1 spiro atoms. The fourth-order valence-corrected chi connectivity index (χ4v) is 5.25. The highest BCUT2D eigenvalue weighted by Gasteiger charge is 2.55. The van der Waals surface area contributed by atoms with E-state index in [4.69, 9.17) is 18.8 Å². The SMILES string of the molecule is [C-]#[N+]c1ccc(N2C(=O)C3(CCCCCCC3)N(c3ccc(C)cc3)C2=S)cc1C. The lowest BCUT2D eigenvalue weighted by molar-refractivity contribution is -0.122. The molecule has 30 heavy (non-hydrogen) atoms. The summed E-state index contributed by atoms with van der Waals surface area (Å²) >= 11 is 5.94. The van der Waals surface area contributed by atoms with Crippen molar-refractivity contribution in [3.63, 3.8) is 0 Å². The van der Waals surface area contributed by atoms with Crippen LogP contribution in [0, 0.1) is 20.4 Å². The first-order valence-corrected chi connectivity index (χ1v) is 11.1. The van der Waals surface area contributed by atoms with Gasteiger partial charge in [-0.3, -0.25) is 9.69 Å². The minimum atomic E-state index is -0.626. The van der Waals surface area contributed by atoms with Crippen molar-refractivity contribution in [2.24, 2.45) is 0 Å². The number of hydrogen-bond donors (Lipinski definition) is 0. The fourth-order valence-electron chi connectivity index (χ4n) is 4.78. The largest absolute Gasteiger partial charge is 0.303 e. The van der Waals surface area contributed by atoms with E-state index in [1.807, 2.05) is 19.1 Å². The fraction of sp³-hybridized carbons (Fsp3) is 0.400. The third-order valence-corrected chi connectivity index (χ3v) is 6.81. The predicted molar refractivity (Wildman–Crippen MR) is 126 cm³/mol. The number of hydrogen-bond acceptors (Lipinski definition) is 2. The Kier molecular flexibility index (Phi) is 5.62. The average molecular weight is 418 g/mol. The zero-order valence-corrected chi connectivity index (χ0v) is 18.5. The summed E-state index contributed by atoms with van der Waals surface area (Å²) in [6.45, 7) is 11.3. The molecule has 1 saturated heterocycles. The molecule has 2 aromatic carbocycles. The van der Waals surface area contributed by atoms with Gasteiger partial charge in [0.05, 0.1) is 6.57 Å². The number of carbonyl (C=O) groups is 1. The Morgan fingerprint density at radius 2 is 1.53 bits per heavy atom. The van der Waals surface area contributed by atoms with E-state index in [1.165, 1.54) is 12.0 Å². The summed E-state index contributed by atoms with van der Waals surface area (Å²) in [5, 5.41) is 0.541. The van der Waals surface area contributed by atoms with Crippen LogP contribution in [0.2, 0.25) is 0 Å². The monoisotopic (exact) mass is 417 g/mol. The van der Waals surface area contributed by atoms with Gasteiger partial charge < -0.3 is 4.90 Å². The van der Waals surface area contributed by atoms with Crippen molar-refractivity contribution < 1.29 is 4.79 Å². The van der Waals surface area contributed by atoms with Crippen LogP contribution in [0.3, 0.4) is 0 Å². The van der Waals surface area contributed by atoms with Crippen molar-refractivity contribution in [1.82, 2.24) is 0 Å². The van der Waals surface area contributed by atoms with Crippen molar-refractivity contribution >= 4 is 40.3 Å². The van der Waals surface area contributed by atoms with Gasteiger partial charge in [0.15, 0.2) is 10.8 Å². The number of rotatable bonds is 2. The summed E-state index contributed by atoms with van der Waals surface area (Å²) < 4.78 is 0. The maximum Gasteiger partial charge on any atom is 0.259 e. The molecule has 1 aliphatic heterocycles. The Morgan fingerprint density at radius 3 is 2.13 bits per heavy atom. The van der Waals surface area contributed by atoms with Crippen LogP contribution in [0.25, 0.3) is 4.85 Å². The number of carbonyl (C=O) groups excluding carboxylic acids is 1. The second-order valence-electron chi connectivity index (χ2n) is 8.48. The van der Waals surface area contributed by atoms with Crippen LogP contribution in [0.4, 0.5) is 17.1 Å². The summed E-state index contributed by atoms with van der Waals surface area (Å²) in [6.07, 6.45) is 7.23. The summed E-state index contributed by atoms with van der Waals surface area (Å²) in [4.78, 5) is 21.4. The zero-order chi connectivity index (χ0) is 21.3. The molecule has 0 bridgehead atoms. The smallest absolute Gasteiger partial charge is 0.259 e. The van der Waals surface area contributed by atoms with E-state index >= 15 is 0 Å². The quantitative estimate of drug-likeness (QED) is 0.414. The van der Waals surface area contributed by atoms with Crippen molar-refractivity contribution in [2.75, 3.05) is 9.80 Å². The first kappa shape index (κ1) is 20.6. The van der Waals surface area contributed by atoms with Crippen molar-refractivity contribution in [3.8, 4) is 0 Å². The van der Waals surface area contributed by atoms with Crippen LogP contribution in [0.1, 0.15) is 56.1 Å². The Balaban J connectivity index is 1.83. The van der Waals surface area contributed by atoms with Crippen LogP contribution in [-0.4, -0.2) is 16.6 Å². The lowest BCUT2D eigenvalue weighted by Gasteiger charge is -2.37. The molecule has 0 radical (unpaired) electrons. The zero-order valence-electron chi connectivity index (χ0n) is 17.6. The Bertz CT molecular complexity index is 1010. The molecule has 2 aliphatic rings. The molecule has 1 heterocycles. The molecule has 0 unspecified atom stereocenters. The van der Waals surface area contributed by atoms with E-state index in [-0.39, 0.29) is 5.91 Å². The van der Waals surface area contributed by atoms with Gasteiger partial charge in [0.2, 0.25) is 0 Å². The molecule has 0 N–H and O–H groups in total. The van der Waals surface area contributed by atoms with Crippen LogP contribution < -0.4 is 9.80 Å². The number of aryl methyl sites for hydroxylation is 2. The topological polar surface area (TPSA) is 27.9 Å². The van der Waals surface area contributed by atoms with Gasteiger partial charge >= 0.3 is 0 Å². The molecule has 4 nitrogen and oxygen atoms in total. The van der Waals surface area contributed by atoms with E-state index in [0.717, 1.165) is 55.5 Å². The lowest BCUT2D eigenvalue weighted by Crippen LogP contribution is -2.50. The highest BCUT2D eigenvalue weighted by Crippen LogP contribution is 2.44. The second-order valence-corrected chi connectivity index (χ2v) is 8.84. The Hall–Kier alpha value is -2.71. The van der Waals surface area contributed by atoms with E-state index in [0.29, 0.717) is 10.8 Å². The van der Waals surface area contributed by atoms with Crippen LogP contribution in [0.15, 0.2) is 42.5 Å².